The first-order valence-corrected chi connectivity index (χ1v) is 9.12. The summed E-state index contributed by atoms with van der Waals surface area (Å²) in [6, 6.07) is 9.67. The summed E-state index contributed by atoms with van der Waals surface area (Å²) in [6.07, 6.45) is 5.21. The van der Waals surface area contributed by atoms with Crippen LogP contribution >= 0.6 is 28.3 Å². The van der Waals surface area contributed by atoms with E-state index < -0.39 is 0 Å². The molecule has 0 amide bonds. The standard InChI is InChI=1S/C20H15N3O3S.BrH/c1-24-17-9-13(10-18-19(17)26-7-6-25-18)8-15(11-21)20-23-16(12-27-20)14-2-4-22-5-3-14;/h2-5,8-10,12H,6-7H2,1H3;1H/b15-8+;. The van der Waals surface area contributed by atoms with Gasteiger partial charge in [-0.05, 0) is 35.9 Å². The number of allylic oxidation sites excluding steroid dienone is 1. The van der Waals surface area contributed by atoms with Gasteiger partial charge < -0.3 is 14.2 Å². The van der Waals surface area contributed by atoms with Gasteiger partial charge in [-0.1, -0.05) is 0 Å². The van der Waals surface area contributed by atoms with Gasteiger partial charge in [-0.25, -0.2) is 4.98 Å². The third-order valence-corrected chi connectivity index (χ3v) is 4.87. The minimum Gasteiger partial charge on any atom is -0.493 e. The number of hydrogen-bond donors (Lipinski definition) is 0. The van der Waals surface area contributed by atoms with Crippen LogP contribution in [0.15, 0.2) is 42.0 Å². The highest BCUT2D eigenvalue weighted by Crippen LogP contribution is 2.41. The summed E-state index contributed by atoms with van der Waals surface area (Å²) in [5.74, 6) is 1.78. The molecular weight excluding hydrogens is 442 g/mol. The Morgan fingerprint density at radius 2 is 2.04 bits per heavy atom. The van der Waals surface area contributed by atoms with Crippen LogP contribution in [0.5, 0.6) is 17.2 Å². The maximum absolute atomic E-state index is 9.64. The van der Waals surface area contributed by atoms with Gasteiger partial charge in [-0.15, -0.1) is 28.3 Å². The number of pyridine rings is 1. The van der Waals surface area contributed by atoms with Crippen molar-refractivity contribution < 1.29 is 14.2 Å². The molecule has 0 radical (unpaired) electrons. The Morgan fingerprint density at radius 1 is 1.25 bits per heavy atom. The quantitative estimate of drug-likeness (QED) is 0.531. The Labute approximate surface area is 176 Å². The highest BCUT2D eigenvalue weighted by atomic mass is 79.9. The summed E-state index contributed by atoms with van der Waals surface area (Å²) >= 11 is 1.43. The number of hydrogen-bond acceptors (Lipinski definition) is 7. The molecule has 1 aliphatic heterocycles. The van der Waals surface area contributed by atoms with E-state index in [9.17, 15) is 5.26 Å². The number of ether oxygens (including phenoxy) is 3. The third kappa shape index (κ3) is 4.01. The van der Waals surface area contributed by atoms with Crippen molar-refractivity contribution in [2.75, 3.05) is 20.3 Å². The SMILES string of the molecule is Br.COc1cc(/C=C(\C#N)c2nc(-c3ccncc3)cs2)cc2c1OCCO2. The molecule has 142 valence electrons. The Balaban J connectivity index is 0.00000225. The Bertz CT molecular complexity index is 1030. The third-order valence-electron chi connectivity index (χ3n) is 3.99. The van der Waals surface area contributed by atoms with E-state index >= 15 is 0 Å². The Kier molecular flexibility index (Phi) is 6.29. The molecule has 0 aliphatic carbocycles. The van der Waals surface area contributed by atoms with Gasteiger partial charge >= 0.3 is 0 Å². The average Bonchev–Trinajstić information content (AvgIpc) is 3.22. The molecule has 4 rings (SSSR count). The van der Waals surface area contributed by atoms with E-state index in [4.69, 9.17) is 14.2 Å². The molecule has 6 nitrogen and oxygen atoms in total. The number of aromatic nitrogens is 2. The monoisotopic (exact) mass is 457 g/mol. The molecule has 3 aromatic rings. The van der Waals surface area contributed by atoms with Crippen molar-refractivity contribution in [3.63, 3.8) is 0 Å². The second kappa shape index (κ2) is 8.87. The number of fused-ring (bicyclic) bond motifs is 1. The van der Waals surface area contributed by atoms with Crippen LogP contribution in [0.1, 0.15) is 10.6 Å². The lowest BCUT2D eigenvalue weighted by molar-refractivity contribution is 0.165. The topological polar surface area (TPSA) is 77.3 Å². The molecule has 0 spiro atoms. The van der Waals surface area contributed by atoms with E-state index in [1.54, 1.807) is 25.6 Å². The average molecular weight is 458 g/mol. The summed E-state index contributed by atoms with van der Waals surface area (Å²) in [4.78, 5) is 8.60. The fraction of sp³-hybridized carbons (Fsp3) is 0.150. The summed E-state index contributed by atoms with van der Waals surface area (Å²) in [7, 11) is 1.58. The molecule has 8 heteroatoms. The van der Waals surface area contributed by atoms with Crippen LogP contribution in [0.25, 0.3) is 22.9 Å². The maximum Gasteiger partial charge on any atom is 0.203 e. The smallest absolute Gasteiger partial charge is 0.203 e. The summed E-state index contributed by atoms with van der Waals surface area (Å²) in [5.41, 5.74) is 3.04. The zero-order valence-electron chi connectivity index (χ0n) is 14.9. The van der Waals surface area contributed by atoms with Gasteiger partial charge in [0.05, 0.1) is 18.4 Å². The van der Waals surface area contributed by atoms with Gasteiger partial charge in [0.2, 0.25) is 5.75 Å². The first-order valence-electron chi connectivity index (χ1n) is 8.24. The summed E-state index contributed by atoms with van der Waals surface area (Å²) < 4.78 is 16.7. The van der Waals surface area contributed by atoms with E-state index in [1.807, 2.05) is 29.6 Å². The van der Waals surface area contributed by atoms with Gasteiger partial charge in [0, 0.05) is 23.3 Å². The Hall–Kier alpha value is -2.89. The van der Waals surface area contributed by atoms with Gasteiger partial charge in [0.15, 0.2) is 11.5 Å². The van der Waals surface area contributed by atoms with Crippen molar-refractivity contribution >= 4 is 40.0 Å². The van der Waals surface area contributed by atoms with Crippen LogP contribution in [-0.2, 0) is 0 Å². The predicted octanol–water partition coefficient (Wildman–Crippen LogP) is 4.63. The lowest BCUT2D eigenvalue weighted by atomic mass is 10.1. The van der Waals surface area contributed by atoms with Gasteiger partial charge in [0.25, 0.3) is 0 Å². The fourth-order valence-corrected chi connectivity index (χ4v) is 3.53. The van der Waals surface area contributed by atoms with E-state index in [0.29, 0.717) is 41.0 Å². The van der Waals surface area contributed by atoms with Gasteiger partial charge in [-0.2, -0.15) is 5.26 Å². The molecule has 0 fully saturated rings. The van der Waals surface area contributed by atoms with E-state index in [1.165, 1.54) is 11.3 Å². The molecule has 0 atom stereocenters. The van der Waals surface area contributed by atoms with Crippen molar-refractivity contribution in [2.45, 2.75) is 0 Å². The van der Waals surface area contributed by atoms with Crippen LogP contribution < -0.4 is 14.2 Å². The summed E-state index contributed by atoms with van der Waals surface area (Å²) in [5, 5.41) is 12.2. The van der Waals surface area contributed by atoms with Crippen LogP contribution in [0, 0.1) is 11.3 Å². The number of nitriles is 1. The molecule has 28 heavy (non-hydrogen) atoms. The van der Waals surface area contributed by atoms with Crippen LogP contribution in [-0.4, -0.2) is 30.3 Å². The molecule has 3 heterocycles. The van der Waals surface area contributed by atoms with Crippen LogP contribution in [0.2, 0.25) is 0 Å². The molecule has 0 N–H and O–H groups in total. The number of thiazole rings is 1. The van der Waals surface area contributed by atoms with Crippen molar-refractivity contribution in [3.8, 4) is 34.6 Å². The minimum absolute atomic E-state index is 0. The number of methoxy groups -OCH3 is 1. The number of benzene rings is 1. The fourth-order valence-electron chi connectivity index (χ4n) is 2.74. The first kappa shape index (κ1) is 19.9. The molecule has 1 aliphatic rings. The Morgan fingerprint density at radius 3 is 2.79 bits per heavy atom. The summed E-state index contributed by atoms with van der Waals surface area (Å²) in [6.45, 7) is 0.967. The lowest BCUT2D eigenvalue weighted by Crippen LogP contribution is -2.16. The zero-order chi connectivity index (χ0) is 18.6. The van der Waals surface area contributed by atoms with Crippen molar-refractivity contribution in [1.29, 1.82) is 5.26 Å². The predicted molar refractivity (Wildman–Crippen MR) is 113 cm³/mol. The second-order valence-electron chi connectivity index (χ2n) is 5.69. The lowest BCUT2D eigenvalue weighted by Gasteiger charge is -2.21. The maximum atomic E-state index is 9.64. The van der Waals surface area contributed by atoms with Gasteiger partial charge in [-0.3, -0.25) is 4.98 Å². The van der Waals surface area contributed by atoms with Crippen molar-refractivity contribution in [1.82, 2.24) is 9.97 Å². The van der Waals surface area contributed by atoms with Crippen LogP contribution in [0.4, 0.5) is 0 Å². The largest absolute Gasteiger partial charge is 0.493 e. The number of rotatable bonds is 4. The first-order chi connectivity index (χ1) is 13.3. The molecule has 2 aromatic heterocycles. The molecule has 0 unspecified atom stereocenters. The highest BCUT2D eigenvalue weighted by Gasteiger charge is 2.18. The van der Waals surface area contributed by atoms with E-state index in [0.717, 1.165) is 16.8 Å². The van der Waals surface area contributed by atoms with Crippen LogP contribution in [0.3, 0.4) is 0 Å². The molecular formula is C20H16BrN3O3S. The molecule has 0 saturated heterocycles. The second-order valence-corrected chi connectivity index (χ2v) is 6.55. The molecule has 0 saturated carbocycles. The highest BCUT2D eigenvalue weighted by molar-refractivity contribution is 8.93. The van der Waals surface area contributed by atoms with Crippen molar-refractivity contribution in [2.24, 2.45) is 0 Å². The zero-order valence-corrected chi connectivity index (χ0v) is 17.4. The molecule has 0 bridgehead atoms. The van der Waals surface area contributed by atoms with Crippen molar-refractivity contribution in [3.05, 3.63) is 52.6 Å². The molecule has 1 aromatic carbocycles. The van der Waals surface area contributed by atoms with E-state index in [-0.39, 0.29) is 17.0 Å². The number of nitrogens with zero attached hydrogens (tertiary/aromatic N) is 3. The minimum atomic E-state index is 0. The number of halogens is 1. The van der Waals surface area contributed by atoms with Gasteiger partial charge in [0.1, 0.15) is 24.3 Å². The normalized spacial score (nSPS) is 12.6. The van der Waals surface area contributed by atoms with E-state index in [2.05, 4.69) is 16.0 Å².